The molecule has 0 aliphatic rings. The maximum Gasteiger partial charge on any atom is 0.256 e. The summed E-state index contributed by atoms with van der Waals surface area (Å²) >= 11 is 3.27. The van der Waals surface area contributed by atoms with Crippen LogP contribution in [0.4, 0.5) is 10.2 Å². The van der Waals surface area contributed by atoms with E-state index in [4.69, 9.17) is 4.74 Å². The number of nitrogens with one attached hydrogen (secondary N) is 1. The molecule has 7 heteroatoms. The molecular formula is C18H13BrFN3O2. The molecule has 3 rings (SSSR count). The molecule has 0 bridgehead atoms. The number of hydrogen-bond acceptors (Lipinski definition) is 4. The Labute approximate surface area is 152 Å². The van der Waals surface area contributed by atoms with E-state index in [2.05, 4.69) is 31.2 Å². The first-order chi connectivity index (χ1) is 12.1. The van der Waals surface area contributed by atoms with Gasteiger partial charge in [0.25, 0.3) is 5.91 Å². The third-order valence-electron chi connectivity index (χ3n) is 3.45. The van der Waals surface area contributed by atoms with E-state index in [0.29, 0.717) is 17.3 Å². The van der Waals surface area contributed by atoms with Crippen LogP contribution in [-0.2, 0) is 0 Å². The van der Waals surface area contributed by atoms with E-state index in [0.717, 1.165) is 10.5 Å². The summed E-state index contributed by atoms with van der Waals surface area (Å²) in [6.45, 7) is 0. The Bertz CT molecular complexity index is 916. The molecule has 3 aromatic rings. The number of ether oxygens (including phenoxy) is 1. The minimum atomic E-state index is -0.562. The number of anilines is 1. The molecule has 0 fully saturated rings. The maximum absolute atomic E-state index is 14.5. The van der Waals surface area contributed by atoms with Crippen LogP contribution in [0.25, 0.3) is 11.3 Å². The van der Waals surface area contributed by atoms with Crippen LogP contribution in [0.15, 0.2) is 59.3 Å². The SMILES string of the molecule is COc1cccnc1-c1ccc(C(=O)Nc2ccc(Br)cn2)cc1F. The van der Waals surface area contributed by atoms with Crippen molar-refractivity contribution in [1.82, 2.24) is 9.97 Å². The zero-order chi connectivity index (χ0) is 17.8. The van der Waals surface area contributed by atoms with Crippen molar-refractivity contribution in [3.63, 3.8) is 0 Å². The van der Waals surface area contributed by atoms with Gasteiger partial charge < -0.3 is 10.1 Å². The van der Waals surface area contributed by atoms with Gasteiger partial charge in [-0.15, -0.1) is 0 Å². The average Bonchev–Trinajstić information content (AvgIpc) is 2.63. The number of rotatable bonds is 4. The number of pyridine rings is 2. The Kier molecular flexibility index (Phi) is 5.04. The van der Waals surface area contributed by atoms with Crippen LogP contribution in [0.3, 0.4) is 0 Å². The largest absolute Gasteiger partial charge is 0.494 e. The second kappa shape index (κ2) is 7.40. The highest BCUT2D eigenvalue weighted by Gasteiger charge is 2.15. The molecule has 0 saturated heterocycles. The monoisotopic (exact) mass is 401 g/mol. The van der Waals surface area contributed by atoms with Crippen LogP contribution in [0.1, 0.15) is 10.4 Å². The van der Waals surface area contributed by atoms with Gasteiger partial charge in [-0.25, -0.2) is 9.37 Å². The lowest BCUT2D eigenvalue weighted by Crippen LogP contribution is -2.13. The number of nitrogens with zero attached hydrogens (tertiary/aromatic N) is 2. The number of carbonyl (C=O) groups is 1. The summed E-state index contributed by atoms with van der Waals surface area (Å²) < 4.78 is 20.5. The van der Waals surface area contributed by atoms with Crippen LogP contribution in [0.5, 0.6) is 5.75 Å². The van der Waals surface area contributed by atoms with Gasteiger partial charge >= 0.3 is 0 Å². The van der Waals surface area contributed by atoms with Gasteiger partial charge in [0.05, 0.1) is 7.11 Å². The topological polar surface area (TPSA) is 64.1 Å². The summed E-state index contributed by atoms with van der Waals surface area (Å²) in [5, 5.41) is 2.62. The highest BCUT2D eigenvalue weighted by Crippen LogP contribution is 2.29. The zero-order valence-corrected chi connectivity index (χ0v) is 14.7. The smallest absolute Gasteiger partial charge is 0.256 e. The first-order valence-electron chi connectivity index (χ1n) is 7.30. The summed E-state index contributed by atoms with van der Waals surface area (Å²) in [4.78, 5) is 20.5. The number of benzene rings is 1. The van der Waals surface area contributed by atoms with E-state index >= 15 is 0 Å². The lowest BCUT2D eigenvalue weighted by Gasteiger charge is -2.09. The van der Waals surface area contributed by atoms with Crippen LogP contribution >= 0.6 is 15.9 Å². The number of methoxy groups -OCH3 is 1. The summed E-state index contributed by atoms with van der Waals surface area (Å²) in [6, 6.07) is 11.0. The predicted octanol–water partition coefficient (Wildman–Crippen LogP) is 4.31. The fraction of sp³-hybridized carbons (Fsp3) is 0.0556. The third kappa shape index (κ3) is 3.83. The molecule has 5 nitrogen and oxygen atoms in total. The first kappa shape index (κ1) is 17.0. The molecule has 0 aliphatic carbocycles. The van der Waals surface area contributed by atoms with Crippen molar-refractivity contribution in [3.05, 3.63) is 70.7 Å². The highest BCUT2D eigenvalue weighted by molar-refractivity contribution is 9.10. The second-order valence-corrected chi connectivity index (χ2v) is 5.98. The lowest BCUT2D eigenvalue weighted by atomic mass is 10.1. The minimum Gasteiger partial charge on any atom is -0.494 e. The maximum atomic E-state index is 14.5. The first-order valence-corrected chi connectivity index (χ1v) is 8.09. The van der Waals surface area contributed by atoms with Crippen LogP contribution in [0, 0.1) is 5.82 Å². The Morgan fingerprint density at radius 2 is 2.04 bits per heavy atom. The summed E-state index contributed by atoms with van der Waals surface area (Å²) in [7, 11) is 1.49. The van der Waals surface area contributed by atoms with Crippen molar-refractivity contribution < 1.29 is 13.9 Å². The molecule has 0 saturated carbocycles. The summed E-state index contributed by atoms with van der Waals surface area (Å²) in [5.74, 6) is -0.177. The molecule has 0 spiro atoms. The van der Waals surface area contributed by atoms with Crippen LogP contribution < -0.4 is 10.1 Å². The molecule has 0 radical (unpaired) electrons. The van der Waals surface area contributed by atoms with Crippen molar-refractivity contribution in [2.45, 2.75) is 0 Å². The minimum absolute atomic E-state index is 0.181. The molecule has 126 valence electrons. The van der Waals surface area contributed by atoms with Crippen molar-refractivity contribution in [3.8, 4) is 17.0 Å². The van der Waals surface area contributed by atoms with Gasteiger partial charge in [0.15, 0.2) is 0 Å². The zero-order valence-electron chi connectivity index (χ0n) is 13.2. The van der Waals surface area contributed by atoms with Crippen LogP contribution in [-0.4, -0.2) is 23.0 Å². The average molecular weight is 402 g/mol. The van der Waals surface area contributed by atoms with E-state index in [1.165, 1.54) is 19.2 Å². The van der Waals surface area contributed by atoms with E-state index in [9.17, 15) is 9.18 Å². The summed E-state index contributed by atoms with van der Waals surface area (Å²) in [5.41, 5.74) is 0.820. The van der Waals surface area contributed by atoms with Gasteiger partial charge in [0.2, 0.25) is 0 Å². The van der Waals surface area contributed by atoms with Crippen molar-refractivity contribution >= 4 is 27.7 Å². The molecule has 1 amide bonds. The molecule has 25 heavy (non-hydrogen) atoms. The molecular weight excluding hydrogens is 389 g/mol. The van der Waals surface area contributed by atoms with Gasteiger partial charge in [-0.05, 0) is 58.4 Å². The highest BCUT2D eigenvalue weighted by atomic mass is 79.9. The number of carbonyl (C=O) groups excluding carboxylic acids is 1. The molecule has 0 unspecified atom stereocenters. The molecule has 1 N–H and O–H groups in total. The fourth-order valence-electron chi connectivity index (χ4n) is 2.24. The van der Waals surface area contributed by atoms with Crippen molar-refractivity contribution in [2.24, 2.45) is 0 Å². The van der Waals surface area contributed by atoms with E-state index in [1.54, 1.807) is 36.7 Å². The third-order valence-corrected chi connectivity index (χ3v) is 3.92. The van der Waals surface area contributed by atoms with Gasteiger partial charge in [-0.3, -0.25) is 9.78 Å². The van der Waals surface area contributed by atoms with Gasteiger partial charge in [-0.2, -0.15) is 0 Å². The van der Waals surface area contributed by atoms with Gasteiger partial charge in [0, 0.05) is 28.0 Å². The van der Waals surface area contributed by atoms with Crippen molar-refractivity contribution in [1.29, 1.82) is 0 Å². The molecule has 0 aliphatic heterocycles. The normalized spacial score (nSPS) is 10.4. The Hall–Kier alpha value is -2.80. The molecule has 2 aromatic heterocycles. The van der Waals surface area contributed by atoms with Crippen LogP contribution in [0.2, 0.25) is 0 Å². The number of halogens is 2. The van der Waals surface area contributed by atoms with E-state index < -0.39 is 11.7 Å². The molecule has 1 aromatic carbocycles. The number of aromatic nitrogens is 2. The lowest BCUT2D eigenvalue weighted by molar-refractivity contribution is 0.102. The van der Waals surface area contributed by atoms with Gasteiger partial charge in [-0.1, -0.05) is 0 Å². The Balaban J connectivity index is 1.86. The molecule has 2 heterocycles. The van der Waals surface area contributed by atoms with Gasteiger partial charge in [0.1, 0.15) is 23.1 Å². The molecule has 0 atom stereocenters. The second-order valence-electron chi connectivity index (χ2n) is 5.06. The van der Waals surface area contributed by atoms with E-state index in [-0.39, 0.29) is 11.1 Å². The predicted molar refractivity (Wildman–Crippen MR) is 96.1 cm³/mol. The quantitative estimate of drug-likeness (QED) is 0.707. The Morgan fingerprint density at radius 1 is 1.20 bits per heavy atom. The number of hydrogen-bond donors (Lipinski definition) is 1. The van der Waals surface area contributed by atoms with E-state index in [1.807, 2.05) is 0 Å². The standard InChI is InChI=1S/C18H13BrFN3O2/c1-25-15-3-2-8-21-17(15)13-6-4-11(9-14(13)20)18(24)23-16-7-5-12(19)10-22-16/h2-10H,1H3,(H,22,23,24). The fourth-order valence-corrected chi connectivity index (χ4v) is 2.48. The summed E-state index contributed by atoms with van der Waals surface area (Å²) in [6.07, 6.45) is 3.11. The van der Waals surface area contributed by atoms with Crippen molar-refractivity contribution in [2.75, 3.05) is 12.4 Å². The Morgan fingerprint density at radius 3 is 2.72 bits per heavy atom. The number of amides is 1.